The molecule has 0 aliphatic carbocycles. The quantitative estimate of drug-likeness (QED) is 0.0321. The van der Waals surface area contributed by atoms with E-state index in [1.807, 2.05) is 0 Å². The molecule has 0 fully saturated rings. The van der Waals surface area contributed by atoms with Gasteiger partial charge in [-0.25, -0.2) is 0 Å². The van der Waals surface area contributed by atoms with Crippen LogP contribution in [0.15, 0.2) is 24.3 Å². The summed E-state index contributed by atoms with van der Waals surface area (Å²) < 4.78 is 5.45. The van der Waals surface area contributed by atoms with Crippen molar-refractivity contribution in [2.75, 3.05) is 13.2 Å². The van der Waals surface area contributed by atoms with Crippen molar-refractivity contribution < 1.29 is 24.5 Å². The number of amides is 1. The SMILES string of the molecule is CCCCCCCCC/C=C\CCCCCCCCCC(=O)OCCCC/C=C\CCCCCCCC(=O)NC(CO)C(O)CCCCCCCCCCCCCCCCCCC. The number of rotatable bonds is 52. The van der Waals surface area contributed by atoms with Crippen molar-refractivity contribution in [2.45, 2.75) is 315 Å². The summed E-state index contributed by atoms with van der Waals surface area (Å²) in [6, 6.07) is -0.563. The van der Waals surface area contributed by atoms with Crippen LogP contribution in [0, 0.1) is 0 Å². The number of nitrogens with one attached hydrogen (secondary N) is 1. The molecule has 63 heavy (non-hydrogen) atoms. The van der Waals surface area contributed by atoms with Gasteiger partial charge in [-0.1, -0.05) is 237 Å². The first-order valence-electron chi connectivity index (χ1n) is 28.1. The largest absolute Gasteiger partial charge is 0.466 e. The highest BCUT2D eigenvalue weighted by molar-refractivity contribution is 5.76. The van der Waals surface area contributed by atoms with Gasteiger partial charge in [0.1, 0.15) is 0 Å². The number of allylic oxidation sites excluding steroid dienone is 4. The van der Waals surface area contributed by atoms with Gasteiger partial charge in [-0.2, -0.15) is 0 Å². The number of hydrogen-bond donors (Lipinski definition) is 3. The zero-order chi connectivity index (χ0) is 45.8. The van der Waals surface area contributed by atoms with E-state index in [0.29, 0.717) is 25.9 Å². The van der Waals surface area contributed by atoms with Crippen LogP contribution in [0.4, 0.5) is 0 Å². The molecular formula is C57H109NO5. The van der Waals surface area contributed by atoms with Crippen LogP contribution in [0.2, 0.25) is 0 Å². The molecule has 3 N–H and O–H groups in total. The Bertz CT molecular complexity index is 982. The molecule has 0 saturated heterocycles. The predicted octanol–water partition coefficient (Wildman–Crippen LogP) is 17.1. The highest BCUT2D eigenvalue weighted by Crippen LogP contribution is 2.17. The number of esters is 1. The van der Waals surface area contributed by atoms with Crippen LogP contribution in [-0.2, 0) is 14.3 Å². The number of ether oxygens (including phenoxy) is 1. The molecule has 0 saturated carbocycles. The Labute approximate surface area is 392 Å². The molecule has 372 valence electrons. The van der Waals surface area contributed by atoms with E-state index >= 15 is 0 Å². The third-order valence-corrected chi connectivity index (χ3v) is 13.0. The molecule has 2 unspecified atom stereocenters. The summed E-state index contributed by atoms with van der Waals surface area (Å²) in [6.07, 6.45) is 63.0. The van der Waals surface area contributed by atoms with E-state index in [9.17, 15) is 19.8 Å². The van der Waals surface area contributed by atoms with E-state index in [2.05, 4.69) is 43.5 Å². The Morgan fingerprint density at radius 3 is 1.13 bits per heavy atom. The Morgan fingerprint density at radius 1 is 0.429 bits per heavy atom. The Morgan fingerprint density at radius 2 is 0.746 bits per heavy atom. The first-order valence-corrected chi connectivity index (χ1v) is 28.1. The van der Waals surface area contributed by atoms with Crippen molar-refractivity contribution in [1.82, 2.24) is 5.32 Å². The van der Waals surface area contributed by atoms with Gasteiger partial charge in [-0.3, -0.25) is 9.59 Å². The minimum absolute atomic E-state index is 0.0337. The standard InChI is InChI=1S/C57H109NO5/c1-3-5-7-9-11-13-15-17-19-21-23-25-27-31-35-39-43-47-51-57(62)63-52-48-44-40-36-32-28-30-34-38-42-46-50-56(61)58-54(53-59)55(60)49-45-41-37-33-29-26-24-22-20-18-16-14-12-10-8-6-4-2/h19,21,32,36,54-55,59-60H,3-18,20,22-31,33-35,37-53H2,1-2H3,(H,58,61)/b21-19-,36-32-. The van der Waals surface area contributed by atoms with Crippen molar-refractivity contribution in [3.05, 3.63) is 24.3 Å². The summed E-state index contributed by atoms with van der Waals surface area (Å²) in [7, 11) is 0. The van der Waals surface area contributed by atoms with Crippen LogP contribution >= 0.6 is 0 Å². The molecule has 0 aliphatic heterocycles. The van der Waals surface area contributed by atoms with E-state index in [1.165, 1.54) is 186 Å². The normalized spacial score (nSPS) is 12.8. The van der Waals surface area contributed by atoms with Crippen molar-refractivity contribution >= 4 is 11.9 Å². The molecule has 0 bridgehead atoms. The molecule has 0 radical (unpaired) electrons. The summed E-state index contributed by atoms with van der Waals surface area (Å²) in [5.74, 6) is -0.0962. The molecular weight excluding hydrogens is 779 g/mol. The van der Waals surface area contributed by atoms with E-state index in [4.69, 9.17) is 4.74 Å². The molecule has 0 aromatic carbocycles. The van der Waals surface area contributed by atoms with Crippen LogP contribution in [0.5, 0.6) is 0 Å². The van der Waals surface area contributed by atoms with Gasteiger partial charge in [0.2, 0.25) is 5.91 Å². The summed E-state index contributed by atoms with van der Waals surface area (Å²) in [5.41, 5.74) is 0. The molecule has 0 spiro atoms. The van der Waals surface area contributed by atoms with Crippen LogP contribution in [0.25, 0.3) is 0 Å². The lowest BCUT2D eigenvalue weighted by Crippen LogP contribution is -2.45. The molecule has 0 heterocycles. The third-order valence-electron chi connectivity index (χ3n) is 13.0. The van der Waals surface area contributed by atoms with Crippen LogP contribution in [0.1, 0.15) is 303 Å². The van der Waals surface area contributed by atoms with Gasteiger partial charge in [0.25, 0.3) is 0 Å². The smallest absolute Gasteiger partial charge is 0.305 e. The number of aliphatic hydroxyl groups is 2. The van der Waals surface area contributed by atoms with Crippen LogP contribution < -0.4 is 5.32 Å². The van der Waals surface area contributed by atoms with Crippen molar-refractivity contribution in [2.24, 2.45) is 0 Å². The van der Waals surface area contributed by atoms with E-state index in [1.54, 1.807) is 0 Å². The highest BCUT2D eigenvalue weighted by atomic mass is 16.5. The van der Waals surface area contributed by atoms with Crippen molar-refractivity contribution in [3.8, 4) is 0 Å². The number of carbonyl (C=O) groups excluding carboxylic acids is 2. The molecule has 1 amide bonds. The zero-order valence-corrected chi connectivity index (χ0v) is 42.3. The zero-order valence-electron chi connectivity index (χ0n) is 42.3. The number of carbonyl (C=O) groups is 2. The second-order valence-corrected chi connectivity index (χ2v) is 19.3. The van der Waals surface area contributed by atoms with Gasteiger partial charge in [0.15, 0.2) is 0 Å². The van der Waals surface area contributed by atoms with Crippen molar-refractivity contribution in [3.63, 3.8) is 0 Å². The molecule has 0 rings (SSSR count). The summed E-state index contributed by atoms with van der Waals surface area (Å²) >= 11 is 0. The summed E-state index contributed by atoms with van der Waals surface area (Å²) in [5, 5.41) is 23.3. The molecule has 0 aliphatic rings. The average Bonchev–Trinajstić information content (AvgIpc) is 3.28. The lowest BCUT2D eigenvalue weighted by Gasteiger charge is -2.22. The highest BCUT2D eigenvalue weighted by Gasteiger charge is 2.20. The second kappa shape index (κ2) is 53.0. The first kappa shape index (κ1) is 61.3. The predicted molar refractivity (Wildman–Crippen MR) is 273 cm³/mol. The number of unbranched alkanes of at least 4 members (excludes halogenated alkanes) is 37. The van der Waals surface area contributed by atoms with Gasteiger partial charge >= 0.3 is 5.97 Å². The van der Waals surface area contributed by atoms with Gasteiger partial charge < -0.3 is 20.3 Å². The number of aliphatic hydroxyl groups excluding tert-OH is 2. The maximum Gasteiger partial charge on any atom is 0.305 e. The minimum atomic E-state index is -0.683. The first-order chi connectivity index (χ1) is 31.0. The fourth-order valence-electron chi connectivity index (χ4n) is 8.63. The summed E-state index contributed by atoms with van der Waals surface area (Å²) in [4.78, 5) is 24.5. The lowest BCUT2D eigenvalue weighted by atomic mass is 10.0. The molecule has 6 nitrogen and oxygen atoms in total. The van der Waals surface area contributed by atoms with E-state index in [-0.39, 0.29) is 18.5 Å². The van der Waals surface area contributed by atoms with Crippen molar-refractivity contribution in [1.29, 1.82) is 0 Å². The Kier molecular flexibility index (Phi) is 51.6. The molecule has 0 aromatic rings. The number of hydrogen-bond acceptors (Lipinski definition) is 5. The fourth-order valence-corrected chi connectivity index (χ4v) is 8.63. The average molecular weight is 889 g/mol. The molecule has 6 heteroatoms. The molecule has 0 aromatic heterocycles. The fraction of sp³-hybridized carbons (Fsp3) is 0.895. The van der Waals surface area contributed by atoms with Crippen LogP contribution in [-0.4, -0.2) is 47.4 Å². The second-order valence-electron chi connectivity index (χ2n) is 19.3. The van der Waals surface area contributed by atoms with E-state index in [0.717, 1.165) is 83.5 Å². The Hall–Kier alpha value is -1.66. The third kappa shape index (κ3) is 49.6. The van der Waals surface area contributed by atoms with Gasteiger partial charge in [0.05, 0.1) is 25.4 Å². The minimum Gasteiger partial charge on any atom is -0.466 e. The Balaban J connectivity index is 3.50. The van der Waals surface area contributed by atoms with Gasteiger partial charge in [-0.15, -0.1) is 0 Å². The van der Waals surface area contributed by atoms with Gasteiger partial charge in [-0.05, 0) is 77.0 Å². The van der Waals surface area contributed by atoms with Gasteiger partial charge in [0, 0.05) is 12.8 Å². The maximum absolute atomic E-state index is 12.5. The lowest BCUT2D eigenvalue weighted by molar-refractivity contribution is -0.143. The monoisotopic (exact) mass is 888 g/mol. The summed E-state index contributed by atoms with van der Waals surface area (Å²) in [6.45, 7) is 4.88. The topological polar surface area (TPSA) is 95.9 Å². The van der Waals surface area contributed by atoms with Crippen LogP contribution in [0.3, 0.4) is 0 Å². The molecule has 2 atom stereocenters. The van der Waals surface area contributed by atoms with E-state index < -0.39 is 12.1 Å². The maximum atomic E-state index is 12.5.